The fourth-order valence-electron chi connectivity index (χ4n) is 4.80. The van der Waals surface area contributed by atoms with Gasteiger partial charge in [-0.15, -0.1) is 0 Å². The van der Waals surface area contributed by atoms with E-state index in [1.54, 1.807) is 16.8 Å². The van der Waals surface area contributed by atoms with E-state index < -0.39 is 5.62 Å². The first-order valence-electron chi connectivity index (χ1n) is 10.9. The van der Waals surface area contributed by atoms with E-state index in [0.29, 0.717) is 16.5 Å². The summed E-state index contributed by atoms with van der Waals surface area (Å²) >= 11 is 6.85. The van der Waals surface area contributed by atoms with Crippen LogP contribution in [0.3, 0.4) is 0 Å². The molecule has 33 heavy (non-hydrogen) atoms. The zero-order chi connectivity index (χ0) is 22.9. The summed E-state index contributed by atoms with van der Waals surface area (Å²) in [5, 5.41) is 17.1. The first kappa shape index (κ1) is 20.5. The lowest BCUT2D eigenvalue weighted by Crippen LogP contribution is -2.44. The zero-order valence-corrected chi connectivity index (χ0v) is 18.8. The molecule has 1 aliphatic carbocycles. The Kier molecular flexibility index (Phi) is 4.44. The molecule has 1 amide bonds. The number of hydrogen-bond donors (Lipinski definition) is 1. The maximum absolute atomic E-state index is 13.1. The van der Waals surface area contributed by atoms with Gasteiger partial charge >= 0.3 is 0 Å². The van der Waals surface area contributed by atoms with Crippen LogP contribution in [0.5, 0.6) is 0 Å². The Morgan fingerprint density at radius 2 is 2.00 bits per heavy atom. The fourth-order valence-corrected chi connectivity index (χ4v) is 5.09. The number of pyridine rings is 1. The second-order valence-electron chi connectivity index (χ2n) is 8.86. The van der Waals surface area contributed by atoms with E-state index in [-0.39, 0.29) is 18.1 Å². The Morgan fingerprint density at radius 1 is 1.21 bits per heavy atom. The maximum Gasteiger partial charge on any atom is 0.258 e. The Hall–Kier alpha value is -3.16. The Morgan fingerprint density at radius 3 is 2.76 bits per heavy atom. The summed E-state index contributed by atoms with van der Waals surface area (Å²) in [6, 6.07) is 13.4. The van der Waals surface area contributed by atoms with Crippen molar-refractivity contribution in [1.29, 1.82) is 0 Å². The van der Waals surface area contributed by atoms with Crippen LogP contribution in [-0.2, 0) is 19.2 Å². The molecule has 2 aromatic carbocycles. The van der Waals surface area contributed by atoms with Crippen molar-refractivity contribution in [3.8, 4) is 11.1 Å². The van der Waals surface area contributed by atoms with Gasteiger partial charge in [-0.05, 0) is 65.3 Å². The van der Waals surface area contributed by atoms with Gasteiger partial charge in [0.15, 0.2) is 7.85 Å². The molecule has 4 aromatic rings. The van der Waals surface area contributed by atoms with Crippen molar-refractivity contribution in [2.45, 2.75) is 30.9 Å². The number of rotatable bonds is 4. The lowest BCUT2D eigenvalue weighted by Gasteiger charge is -2.32. The van der Waals surface area contributed by atoms with Gasteiger partial charge in [0, 0.05) is 29.9 Å². The highest BCUT2D eigenvalue weighted by atomic mass is 35.5. The van der Waals surface area contributed by atoms with E-state index in [2.05, 4.69) is 22.2 Å². The van der Waals surface area contributed by atoms with Crippen LogP contribution < -0.4 is 0 Å². The monoisotopic (exact) mass is 454 g/mol. The Balaban J connectivity index is 1.45. The molecule has 0 bridgehead atoms. The van der Waals surface area contributed by atoms with E-state index in [1.165, 1.54) is 11.1 Å². The fraction of sp³-hybridized carbons (Fsp3) is 0.240. The normalized spacial score (nSPS) is 20.0. The van der Waals surface area contributed by atoms with Crippen LogP contribution >= 0.6 is 11.6 Å². The molecule has 1 unspecified atom stereocenters. The van der Waals surface area contributed by atoms with Crippen LogP contribution in [-0.4, -0.2) is 38.5 Å². The highest BCUT2D eigenvalue weighted by molar-refractivity contribution is 6.32. The lowest BCUT2D eigenvalue weighted by molar-refractivity contribution is -0.0224. The smallest absolute Gasteiger partial charge is 0.258 e. The summed E-state index contributed by atoms with van der Waals surface area (Å²) in [6.07, 6.45) is 5.65. The van der Waals surface area contributed by atoms with E-state index in [9.17, 15) is 9.90 Å². The van der Waals surface area contributed by atoms with Crippen LogP contribution in [0.2, 0.25) is 5.02 Å². The second-order valence-corrected chi connectivity index (χ2v) is 9.27. The number of nitrogens with zero attached hydrogens (tertiary/aromatic N) is 4. The molecule has 2 aromatic heterocycles. The first-order chi connectivity index (χ1) is 15.8. The number of aliphatic hydroxyl groups is 1. The number of hydrogen-bond acceptors (Lipinski definition) is 4. The van der Waals surface area contributed by atoms with Gasteiger partial charge in [0.25, 0.3) is 5.91 Å². The highest BCUT2D eigenvalue weighted by Crippen LogP contribution is 2.47. The number of aryl methyl sites for hydroxylation is 1. The van der Waals surface area contributed by atoms with E-state index in [0.717, 1.165) is 46.0 Å². The van der Waals surface area contributed by atoms with E-state index in [1.807, 2.05) is 31.4 Å². The predicted octanol–water partition coefficient (Wildman–Crippen LogP) is 4.09. The molecule has 0 spiro atoms. The van der Waals surface area contributed by atoms with Crippen LogP contribution in [0.4, 0.5) is 0 Å². The molecule has 1 N–H and O–H groups in total. The molecule has 2 aliphatic rings. The van der Waals surface area contributed by atoms with Gasteiger partial charge in [0.1, 0.15) is 5.62 Å². The summed E-state index contributed by atoms with van der Waals surface area (Å²) < 4.78 is 1.80. The van der Waals surface area contributed by atoms with Crippen molar-refractivity contribution in [3.05, 3.63) is 82.3 Å². The number of amides is 1. The zero-order valence-electron chi connectivity index (χ0n) is 18.0. The van der Waals surface area contributed by atoms with Gasteiger partial charge in [0.2, 0.25) is 0 Å². The van der Waals surface area contributed by atoms with Gasteiger partial charge in [-0.25, -0.2) is 0 Å². The minimum atomic E-state index is -1.99. The Bertz CT molecular complexity index is 1440. The molecule has 1 saturated carbocycles. The molecule has 6 nitrogen and oxygen atoms in total. The first-order valence-corrected chi connectivity index (χ1v) is 11.3. The highest BCUT2D eigenvalue weighted by Gasteiger charge is 2.46. The second kappa shape index (κ2) is 7.17. The predicted molar refractivity (Wildman–Crippen MR) is 127 cm³/mol. The van der Waals surface area contributed by atoms with Gasteiger partial charge < -0.3 is 10.0 Å². The quantitative estimate of drug-likeness (QED) is 0.471. The van der Waals surface area contributed by atoms with Crippen LogP contribution in [0.15, 0.2) is 54.9 Å². The summed E-state index contributed by atoms with van der Waals surface area (Å²) in [6.45, 7) is 0.101. The molecule has 1 aliphatic heterocycles. The molecule has 8 heteroatoms. The van der Waals surface area contributed by atoms with Crippen molar-refractivity contribution >= 4 is 36.3 Å². The number of halogens is 1. The molecule has 1 fully saturated rings. The molecule has 2 radical (unpaired) electrons. The van der Waals surface area contributed by atoms with Crippen molar-refractivity contribution in [2.75, 3.05) is 0 Å². The van der Waals surface area contributed by atoms with E-state index >= 15 is 0 Å². The molecule has 3 heterocycles. The number of fused-ring (bicyclic) bond motifs is 2. The van der Waals surface area contributed by atoms with Crippen LogP contribution in [0.1, 0.15) is 45.9 Å². The molecule has 0 saturated heterocycles. The molecular formula is C25H20BClN4O2. The summed E-state index contributed by atoms with van der Waals surface area (Å²) in [5.41, 5.74) is 3.37. The van der Waals surface area contributed by atoms with Crippen molar-refractivity contribution < 1.29 is 9.90 Å². The molecule has 6 rings (SSSR count). The van der Waals surface area contributed by atoms with Crippen molar-refractivity contribution in [3.63, 3.8) is 0 Å². The summed E-state index contributed by atoms with van der Waals surface area (Å²) in [7, 11) is 8.10. The number of carbonyl (C=O) groups excluding carboxylic acids is 1. The van der Waals surface area contributed by atoms with Gasteiger partial charge in [0.05, 0.1) is 23.3 Å². The van der Waals surface area contributed by atoms with Crippen molar-refractivity contribution in [2.24, 2.45) is 7.05 Å². The van der Waals surface area contributed by atoms with Crippen LogP contribution in [0.25, 0.3) is 22.0 Å². The third-order valence-corrected chi connectivity index (χ3v) is 6.92. The minimum absolute atomic E-state index is 0.101. The van der Waals surface area contributed by atoms with Gasteiger partial charge in [-0.2, -0.15) is 5.10 Å². The summed E-state index contributed by atoms with van der Waals surface area (Å²) in [5.74, 6) is 0.0137. The van der Waals surface area contributed by atoms with Crippen LogP contribution in [0, 0.1) is 0 Å². The average Bonchev–Trinajstić information content (AvgIpc) is 3.53. The largest absolute Gasteiger partial charge is 0.374 e. The molecule has 162 valence electrons. The number of carbonyl (C=O) groups is 1. The average molecular weight is 455 g/mol. The van der Waals surface area contributed by atoms with Gasteiger partial charge in [-0.1, -0.05) is 29.8 Å². The molecular weight excluding hydrogens is 435 g/mol. The van der Waals surface area contributed by atoms with Gasteiger partial charge in [-0.3, -0.25) is 14.5 Å². The Labute approximate surface area is 197 Å². The third kappa shape index (κ3) is 3.18. The minimum Gasteiger partial charge on any atom is -0.374 e. The number of aromatic nitrogens is 3. The topological polar surface area (TPSA) is 71.2 Å². The maximum atomic E-state index is 13.1. The summed E-state index contributed by atoms with van der Waals surface area (Å²) in [4.78, 5) is 18.5. The third-order valence-electron chi connectivity index (χ3n) is 6.58. The van der Waals surface area contributed by atoms with E-state index in [4.69, 9.17) is 19.4 Å². The lowest BCUT2D eigenvalue weighted by atomic mass is 9.86. The molecule has 1 atom stereocenters. The van der Waals surface area contributed by atoms with Crippen molar-refractivity contribution in [1.82, 2.24) is 19.7 Å². The standard InChI is InChI=1S/C25H20BClN4O2/c1-30-12-20-16(4-2-6-22(20)29-30)15-10-18(14-7-8-14)19(21(27)11-15)13-31-24(32)17-5-3-9-28-23(17)25(31,26)33/h2-6,9-12,14,33H,7-8,13H2,1H3. The number of benzene rings is 2. The SMILES string of the molecule is [B]C1(O)c2ncccc2C(=O)N1Cc1c(Cl)cc(-c2cccc3nn(C)cc23)cc1C1CC1.